The van der Waals surface area contributed by atoms with Crippen molar-refractivity contribution in [1.82, 2.24) is 0 Å². The maximum atomic E-state index is 12.5. The molecule has 0 aliphatic carbocycles. The molecule has 0 spiro atoms. The van der Waals surface area contributed by atoms with Gasteiger partial charge in [0.15, 0.2) is 0 Å². The van der Waals surface area contributed by atoms with Crippen molar-refractivity contribution in [3.8, 4) is 5.75 Å². The van der Waals surface area contributed by atoms with Gasteiger partial charge in [-0.1, -0.05) is 24.8 Å². The van der Waals surface area contributed by atoms with Gasteiger partial charge >= 0.3 is 0 Å². The van der Waals surface area contributed by atoms with Crippen molar-refractivity contribution in [2.45, 2.75) is 23.8 Å². The van der Waals surface area contributed by atoms with Crippen LogP contribution in [-0.4, -0.2) is 31.0 Å². The van der Waals surface area contributed by atoms with Crippen LogP contribution in [0.15, 0.2) is 61.2 Å². The van der Waals surface area contributed by atoms with Gasteiger partial charge < -0.3 is 14.8 Å². The Balaban J connectivity index is 1.55. The molecule has 1 amide bonds. The molecule has 4 nitrogen and oxygen atoms in total. The normalized spacial score (nSPS) is 14.5. The molecule has 5 heteroatoms. The highest BCUT2D eigenvalue weighted by Gasteiger charge is 2.14. The summed E-state index contributed by atoms with van der Waals surface area (Å²) in [5.41, 5.74) is 2.64. The van der Waals surface area contributed by atoms with Gasteiger partial charge in [-0.25, -0.2) is 0 Å². The lowest BCUT2D eigenvalue weighted by Crippen LogP contribution is -2.17. The standard InChI is InChI=1S/C22H25NO3S/c1-2-12-26-20-8-6-18(7-9-20)22(24)23-19-5-3-4-17(15-19)16-27-21-10-13-25-14-11-21/h2-9,15,21H,1,10-14,16H2,(H,23,24). The first-order valence-corrected chi connectivity index (χ1v) is 10.2. The van der Waals surface area contributed by atoms with Crippen molar-refractivity contribution in [3.63, 3.8) is 0 Å². The highest BCUT2D eigenvalue weighted by Crippen LogP contribution is 2.26. The molecule has 0 atom stereocenters. The van der Waals surface area contributed by atoms with Gasteiger partial charge in [0, 0.05) is 35.5 Å². The van der Waals surface area contributed by atoms with Gasteiger partial charge in [-0.3, -0.25) is 4.79 Å². The van der Waals surface area contributed by atoms with Crippen LogP contribution in [0.3, 0.4) is 0 Å². The average Bonchev–Trinajstić information content (AvgIpc) is 2.72. The van der Waals surface area contributed by atoms with E-state index in [9.17, 15) is 4.79 Å². The Bertz CT molecular complexity index is 754. The van der Waals surface area contributed by atoms with Crippen molar-refractivity contribution in [3.05, 3.63) is 72.3 Å². The average molecular weight is 384 g/mol. The van der Waals surface area contributed by atoms with E-state index < -0.39 is 0 Å². The van der Waals surface area contributed by atoms with Crippen LogP contribution >= 0.6 is 11.8 Å². The molecule has 0 unspecified atom stereocenters. The molecule has 0 saturated carbocycles. The van der Waals surface area contributed by atoms with Crippen molar-refractivity contribution in [2.24, 2.45) is 0 Å². The Morgan fingerprint density at radius 1 is 1.22 bits per heavy atom. The Morgan fingerprint density at radius 3 is 2.74 bits per heavy atom. The van der Waals surface area contributed by atoms with E-state index in [0.717, 1.165) is 43.2 Å². The minimum atomic E-state index is -0.125. The molecule has 142 valence electrons. The summed E-state index contributed by atoms with van der Waals surface area (Å²) < 4.78 is 10.9. The molecule has 1 N–H and O–H groups in total. The summed E-state index contributed by atoms with van der Waals surface area (Å²) in [5.74, 6) is 1.54. The third kappa shape index (κ3) is 6.15. The first kappa shape index (κ1) is 19.5. The van der Waals surface area contributed by atoms with Gasteiger partial charge in [0.1, 0.15) is 12.4 Å². The summed E-state index contributed by atoms with van der Waals surface area (Å²) in [6.45, 7) is 5.80. The maximum Gasteiger partial charge on any atom is 0.255 e. The van der Waals surface area contributed by atoms with Gasteiger partial charge in [-0.15, -0.1) is 0 Å². The van der Waals surface area contributed by atoms with Crippen molar-refractivity contribution in [1.29, 1.82) is 0 Å². The Morgan fingerprint density at radius 2 is 2.00 bits per heavy atom. The monoisotopic (exact) mass is 383 g/mol. The predicted molar refractivity (Wildman–Crippen MR) is 112 cm³/mol. The topological polar surface area (TPSA) is 47.6 Å². The third-order valence-corrected chi connectivity index (χ3v) is 5.77. The molecule has 0 radical (unpaired) electrons. The number of nitrogens with one attached hydrogen (secondary N) is 1. The number of rotatable bonds is 8. The van der Waals surface area contributed by atoms with E-state index in [0.29, 0.717) is 17.4 Å². The lowest BCUT2D eigenvalue weighted by molar-refractivity contribution is 0.1000. The van der Waals surface area contributed by atoms with E-state index in [4.69, 9.17) is 9.47 Å². The minimum absolute atomic E-state index is 0.125. The zero-order valence-electron chi connectivity index (χ0n) is 15.4. The molecule has 2 aromatic rings. The first-order chi connectivity index (χ1) is 13.2. The van der Waals surface area contributed by atoms with E-state index in [1.54, 1.807) is 30.3 Å². The molecule has 1 fully saturated rings. The number of ether oxygens (including phenoxy) is 2. The lowest BCUT2D eigenvalue weighted by atomic mass is 10.2. The van der Waals surface area contributed by atoms with Crippen LogP contribution in [0.5, 0.6) is 5.75 Å². The van der Waals surface area contributed by atoms with E-state index >= 15 is 0 Å². The number of anilines is 1. The SMILES string of the molecule is C=CCOc1ccc(C(=O)Nc2cccc(CSC3CCOCC3)c2)cc1. The number of benzene rings is 2. The summed E-state index contributed by atoms with van der Waals surface area (Å²) in [6, 6.07) is 15.2. The fourth-order valence-electron chi connectivity index (χ4n) is 2.86. The number of hydrogen-bond acceptors (Lipinski definition) is 4. The Labute approximate surface area is 165 Å². The highest BCUT2D eigenvalue weighted by molar-refractivity contribution is 7.99. The van der Waals surface area contributed by atoms with Crippen LogP contribution in [-0.2, 0) is 10.5 Å². The van der Waals surface area contributed by atoms with Gasteiger partial charge in [0.25, 0.3) is 5.91 Å². The second-order valence-electron chi connectivity index (χ2n) is 6.40. The molecular formula is C22H25NO3S. The number of amides is 1. The van der Waals surface area contributed by atoms with Gasteiger partial charge in [0.2, 0.25) is 0 Å². The smallest absolute Gasteiger partial charge is 0.255 e. The van der Waals surface area contributed by atoms with Crippen LogP contribution in [0.25, 0.3) is 0 Å². The summed E-state index contributed by atoms with van der Waals surface area (Å²) in [4.78, 5) is 12.5. The zero-order chi connectivity index (χ0) is 18.9. The molecule has 1 aliphatic rings. The lowest BCUT2D eigenvalue weighted by Gasteiger charge is -2.21. The van der Waals surface area contributed by atoms with Crippen LogP contribution in [0, 0.1) is 0 Å². The summed E-state index contributed by atoms with van der Waals surface area (Å²) in [5, 5.41) is 3.64. The Kier molecular flexibility index (Phi) is 7.36. The first-order valence-electron chi connectivity index (χ1n) is 9.18. The van der Waals surface area contributed by atoms with E-state index in [-0.39, 0.29) is 5.91 Å². The fourth-order valence-corrected chi connectivity index (χ4v) is 3.99. The van der Waals surface area contributed by atoms with E-state index in [1.807, 2.05) is 30.0 Å². The van der Waals surface area contributed by atoms with Crippen LogP contribution in [0.2, 0.25) is 0 Å². The minimum Gasteiger partial charge on any atom is -0.490 e. The summed E-state index contributed by atoms with van der Waals surface area (Å²) >= 11 is 1.97. The quantitative estimate of drug-likeness (QED) is 0.658. The van der Waals surface area contributed by atoms with E-state index in [2.05, 4.69) is 18.0 Å². The molecule has 1 aliphatic heterocycles. The molecule has 0 bridgehead atoms. The summed E-state index contributed by atoms with van der Waals surface area (Å²) in [6.07, 6.45) is 3.93. The number of carbonyl (C=O) groups excluding carboxylic acids is 1. The second-order valence-corrected chi connectivity index (χ2v) is 7.69. The largest absolute Gasteiger partial charge is 0.490 e. The zero-order valence-corrected chi connectivity index (χ0v) is 16.2. The van der Waals surface area contributed by atoms with Crippen molar-refractivity contribution >= 4 is 23.4 Å². The molecular weight excluding hydrogens is 358 g/mol. The van der Waals surface area contributed by atoms with Crippen molar-refractivity contribution < 1.29 is 14.3 Å². The predicted octanol–water partition coefficient (Wildman–Crippen LogP) is 4.92. The van der Waals surface area contributed by atoms with Gasteiger partial charge in [0.05, 0.1) is 0 Å². The molecule has 2 aromatic carbocycles. The fraction of sp³-hybridized carbons (Fsp3) is 0.318. The third-order valence-electron chi connectivity index (χ3n) is 4.32. The van der Waals surface area contributed by atoms with Crippen LogP contribution in [0.4, 0.5) is 5.69 Å². The van der Waals surface area contributed by atoms with Crippen molar-refractivity contribution in [2.75, 3.05) is 25.1 Å². The highest BCUT2D eigenvalue weighted by atomic mass is 32.2. The molecule has 1 heterocycles. The van der Waals surface area contributed by atoms with Gasteiger partial charge in [-0.05, 0) is 54.8 Å². The van der Waals surface area contributed by atoms with Crippen LogP contribution in [0.1, 0.15) is 28.8 Å². The summed E-state index contributed by atoms with van der Waals surface area (Å²) in [7, 11) is 0. The van der Waals surface area contributed by atoms with E-state index in [1.165, 1.54) is 5.56 Å². The molecule has 0 aromatic heterocycles. The van der Waals surface area contributed by atoms with Gasteiger partial charge in [-0.2, -0.15) is 11.8 Å². The molecule has 27 heavy (non-hydrogen) atoms. The molecule has 3 rings (SSSR count). The number of thioether (sulfide) groups is 1. The van der Waals surface area contributed by atoms with Crippen LogP contribution < -0.4 is 10.1 Å². The second kappa shape index (κ2) is 10.2. The molecule has 1 saturated heterocycles. The maximum absolute atomic E-state index is 12.5. The number of hydrogen-bond donors (Lipinski definition) is 1. The number of carbonyl (C=O) groups is 1. The Hall–Kier alpha value is -2.24.